The van der Waals surface area contributed by atoms with Crippen LogP contribution in [-0.2, 0) is 4.79 Å². The normalized spacial score (nSPS) is 22.6. The van der Waals surface area contributed by atoms with Gasteiger partial charge in [0, 0.05) is 26.1 Å². The fourth-order valence-corrected chi connectivity index (χ4v) is 2.97. The molecule has 0 aliphatic heterocycles. The maximum Gasteiger partial charge on any atom is 0.317 e. The van der Waals surface area contributed by atoms with Crippen molar-refractivity contribution in [1.29, 1.82) is 0 Å². The fraction of sp³-hybridized carbons (Fsp3) is 0.867. The molecule has 0 saturated heterocycles. The topological polar surface area (TPSA) is 69.6 Å². The number of urea groups is 1. The number of amides is 2. The number of aliphatic carboxylic acids is 1. The fourth-order valence-electron chi connectivity index (χ4n) is 2.97. The molecule has 2 unspecified atom stereocenters. The number of rotatable bonds is 6. The van der Waals surface area contributed by atoms with Crippen molar-refractivity contribution in [2.45, 2.75) is 58.4 Å². The van der Waals surface area contributed by atoms with Gasteiger partial charge < -0.3 is 15.3 Å². The van der Waals surface area contributed by atoms with Crippen molar-refractivity contribution >= 4 is 12.0 Å². The second-order valence-electron chi connectivity index (χ2n) is 6.17. The van der Waals surface area contributed by atoms with Crippen molar-refractivity contribution in [2.75, 3.05) is 13.6 Å². The first-order valence-electron chi connectivity index (χ1n) is 7.65. The third-order valence-electron chi connectivity index (χ3n) is 4.22. The van der Waals surface area contributed by atoms with Crippen molar-refractivity contribution in [1.82, 2.24) is 10.2 Å². The van der Waals surface area contributed by atoms with Gasteiger partial charge >= 0.3 is 12.0 Å². The van der Waals surface area contributed by atoms with Crippen LogP contribution in [0.4, 0.5) is 4.79 Å². The van der Waals surface area contributed by atoms with Gasteiger partial charge in [-0.05, 0) is 31.1 Å². The second-order valence-corrected chi connectivity index (χ2v) is 6.17. The third kappa shape index (κ3) is 5.39. The van der Waals surface area contributed by atoms with Gasteiger partial charge in [0.1, 0.15) is 0 Å². The Bertz CT molecular complexity index is 331. The molecule has 5 nitrogen and oxygen atoms in total. The molecular formula is C15H28N2O3. The van der Waals surface area contributed by atoms with E-state index >= 15 is 0 Å². The number of carbonyl (C=O) groups excluding carboxylic acids is 1. The summed E-state index contributed by atoms with van der Waals surface area (Å²) in [6, 6.07) is 0.186. The van der Waals surface area contributed by atoms with Crippen LogP contribution in [-0.4, -0.2) is 41.6 Å². The maximum atomic E-state index is 12.1. The molecule has 1 aliphatic rings. The molecule has 0 aromatic heterocycles. The molecule has 2 N–H and O–H groups in total. The molecule has 1 rings (SSSR count). The first kappa shape index (κ1) is 16.8. The Morgan fingerprint density at radius 3 is 2.55 bits per heavy atom. The Morgan fingerprint density at radius 2 is 1.95 bits per heavy atom. The predicted molar refractivity (Wildman–Crippen MR) is 78.6 cm³/mol. The van der Waals surface area contributed by atoms with Gasteiger partial charge in [-0.2, -0.15) is 0 Å². The number of carboxylic acids is 1. The zero-order chi connectivity index (χ0) is 15.1. The van der Waals surface area contributed by atoms with Crippen LogP contribution in [0.25, 0.3) is 0 Å². The first-order valence-corrected chi connectivity index (χ1v) is 7.65. The van der Waals surface area contributed by atoms with Crippen LogP contribution in [0.5, 0.6) is 0 Å². The zero-order valence-electron chi connectivity index (χ0n) is 12.9. The minimum absolute atomic E-state index is 0.0760. The molecule has 116 valence electrons. The van der Waals surface area contributed by atoms with Gasteiger partial charge in [0.05, 0.1) is 0 Å². The molecule has 0 spiro atoms. The molecule has 5 heteroatoms. The molecule has 0 heterocycles. The zero-order valence-corrected chi connectivity index (χ0v) is 12.9. The summed E-state index contributed by atoms with van der Waals surface area (Å²) >= 11 is 0. The van der Waals surface area contributed by atoms with E-state index in [9.17, 15) is 9.59 Å². The smallest absolute Gasteiger partial charge is 0.317 e. The minimum atomic E-state index is -0.814. The van der Waals surface area contributed by atoms with Crippen molar-refractivity contribution in [3.63, 3.8) is 0 Å². The van der Waals surface area contributed by atoms with Crippen LogP contribution in [0.2, 0.25) is 0 Å². The lowest BCUT2D eigenvalue weighted by Crippen LogP contribution is -2.48. The molecule has 0 radical (unpaired) electrons. The quantitative estimate of drug-likeness (QED) is 0.788. The number of hydrogen-bond acceptors (Lipinski definition) is 2. The monoisotopic (exact) mass is 284 g/mol. The number of carbonyl (C=O) groups is 2. The minimum Gasteiger partial charge on any atom is -0.481 e. The van der Waals surface area contributed by atoms with E-state index in [1.165, 1.54) is 19.3 Å². The number of carboxylic acid groups (broad SMARTS) is 1. The van der Waals surface area contributed by atoms with E-state index in [1.54, 1.807) is 11.9 Å². The lowest BCUT2D eigenvalue weighted by molar-refractivity contribution is -0.137. The molecule has 0 aromatic carbocycles. The van der Waals surface area contributed by atoms with Crippen LogP contribution < -0.4 is 5.32 Å². The van der Waals surface area contributed by atoms with E-state index in [0.717, 1.165) is 6.42 Å². The Morgan fingerprint density at radius 1 is 1.30 bits per heavy atom. The Balaban J connectivity index is 2.40. The van der Waals surface area contributed by atoms with Crippen LogP contribution in [0.3, 0.4) is 0 Å². The highest BCUT2D eigenvalue weighted by molar-refractivity contribution is 5.74. The Labute approximate surface area is 121 Å². The van der Waals surface area contributed by atoms with E-state index < -0.39 is 5.97 Å². The van der Waals surface area contributed by atoms with Crippen LogP contribution in [0.1, 0.15) is 52.4 Å². The molecule has 0 aromatic rings. The summed E-state index contributed by atoms with van der Waals surface area (Å²) in [5.74, 6) is 0.323. The summed E-state index contributed by atoms with van der Waals surface area (Å²) in [5, 5.41) is 11.7. The van der Waals surface area contributed by atoms with Gasteiger partial charge in [-0.3, -0.25) is 4.79 Å². The van der Waals surface area contributed by atoms with Crippen LogP contribution >= 0.6 is 0 Å². The van der Waals surface area contributed by atoms with Gasteiger partial charge in [0.15, 0.2) is 0 Å². The largest absolute Gasteiger partial charge is 0.481 e. The molecular weight excluding hydrogens is 256 g/mol. The summed E-state index contributed by atoms with van der Waals surface area (Å²) in [4.78, 5) is 24.2. The van der Waals surface area contributed by atoms with Gasteiger partial charge in [-0.25, -0.2) is 4.79 Å². The molecule has 2 atom stereocenters. The highest BCUT2D eigenvalue weighted by Crippen LogP contribution is 2.30. The standard InChI is InChI=1S/C15H28N2O3/c1-11(2)12-7-4-5-8-13(12)16-15(20)17(3)10-6-9-14(18)19/h11-13H,4-10H2,1-3H3,(H,16,20)(H,18,19). The van der Waals surface area contributed by atoms with Gasteiger partial charge in [-0.1, -0.05) is 26.7 Å². The van der Waals surface area contributed by atoms with Gasteiger partial charge in [-0.15, -0.1) is 0 Å². The summed E-state index contributed by atoms with van der Waals surface area (Å²) < 4.78 is 0. The molecule has 2 amide bonds. The predicted octanol–water partition coefficient (Wildman–Crippen LogP) is 2.71. The molecule has 0 bridgehead atoms. The van der Waals surface area contributed by atoms with E-state index in [0.29, 0.717) is 24.8 Å². The van der Waals surface area contributed by atoms with Crippen LogP contribution in [0.15, 0.2) is 0 Å². The SMILES string of the molecule is CC(C)C1CCCCC1NC(=O)N(C)CCCC(=O)O. The molecule has 1 saturated carbocycles. The second kappa shape index (κ2) is 8.12. The number of hydrogen-bond donors (Lipinski definition) is 2. The maximum absolute atomic E-state index is 12.1. The van der Waals surface area contributed by atoms with Crippen molar-refractivity contribution < 1.29 is 14.7 Å². The van der Waals surface area contributed by atoms with E-state index in [1.807, 2.05) is 0 Å². The van der Waals surface area contributed by atoms with E-state index in [-0.39, 0.29) is 18.5 Å². The summed E-state index contributed by atoms with van der Waals surface area (Å²) in [6.45, 7) is 4.91. The Kier molecular flexibility index (Phi) is 6.82. The molecule has 20 heavy (non-hydrogen) atoms. The first-order chi connectivity index (χ1) is 9.41. The number of nitrogens with zero attached hydrogens (tertiary/aromatic N) is 1. The van der Waals surface area contributed by atoms with Crippen molar-refractivity contribution in [3.05, 3.63) is 0 Å². The summed E-state index contributed by atoms with van der Waals surface area (Å²) in [5.41, 5.74) is 0. The van der Waals surface area contributed by atoms with E-state index in [4.69, 9.17) is 5.11 Å². The molecule has 1 aliphatic carbocycles. The average molecular weight is 284 g/mol. The summed E-state index contributed by atoms with van der Waals surface area (Å²) in [7, 11) is 1.73. The summed E-state index contributed by atoms with van der Waals surface area (Å²) in [6.07, 6.45) is 5.27. The van der Waals surface area contributed by atoms with Gasteiger partial charge in [0.2, 0.25) is 0 Å². The lowest BCUT2D eigenvalue weighted by Gasteiger charge is -2.35. The average Bonchev–Trinajstić information content (AvgIpc) is 2.38. The van der Waals surface area contributed by atoms with E-state index in [2.05, 4.69) is 19.2 Å². The van der Waals surface area contributed by atoms with Crippen molar-refractivity contribution in [3.8, 4) is 0 Å². The Hall–Kier alpha value is -1.26. The third-order valence-corrected chi connectivity index (χ3v) is 4.22. The van der Waals surface area contributed by atoms with Crippen LogP contribution in [0, 0.1) is 11.8 Å². The molecule has 1 fully saturated rings. The highest BCUT2D eigenvalue weighted by Gasteiger charge is 2.29. The highest BCUT2D eigenvalue weighted by atomic mass is 16.4. The van der Waals surface area contributed by atoms with Gasteiger partial charge in [0.25, 0.3) is 0 Å². The lowest BCUT2D eigenvalue weighted by atomic mass is 9.78. The number of nitrogens with one attached hydrogen (secondary N) is 1. The van der Waals surface area contributed by atoms with Crippen molar-refractivity contribution in [2.24, 2.45) is 11.8 Å².